The zero-order valence-corrected chi connectivity index (χ0v) is 15.0. The molecule has 2 N–H and O–H groups in total. The van der Waals surface area contributed by atoms with Crippen molar-refractivity contribution in [2.24, 2.45) is 0 Å². The summed E-state index contributed by atoms with van der Waals surface area (Å²) in [5, 5.41) is 3.89. The minimum absolute atomic E-state index is 0.0838. The van der Waals surface area contributed by atoms with Gasteiger partial charge in [0.15, 0.2) is 12.3 Å². The van der Waals surface area contributed by atoms with Gasteiger partial charge >= 0.3 is 5.97 Å². The summed E-state index contributed by atoms with van der Waals surface area (Å²) in [6, 6.07) is 9.21. The molecular weight excluding hydrogens is 352 g/mol. The lowest BCUT2D eigenvalue weighted by molar-refractivity contribution is -0.125. The van der Waals surface area contributed by atoms with Crippen LogP contribution >= 0.6 is 0 Å². The first-order valence-corrected chi connectivity index (χ1v) is 8.32. The van der Waals surface area contributed by atoms with Gasteiger partial charge in [0.25, 0.3) is 17.4 Å². The standard InChI is InChI=1S/C18H20N4O5/c1-3-10-22-16(24)9-8-14(21-22)18(26)27-11-15(23)19-20-17(25)13-6-4-12(2)5-7-13/h4-9H,3,10-11H2,1-2H3,(H,19,23)(H,20,25). The Morgan fingerprint density at radius 2 is 1.78 bits per heavy atom. The van der Waals surface area contributed by atoms with Crippen molar-refractivity contribution >= 4 is 17.8 Å². The minimum atomic E-state index is -0.847. The molecule has 0 radical (unpaired) electrons. The lowest BCUT2D eigenvalue weighted by Gasteiger charge is -2.09. The van der Waals surface area contributed by atoms with Crippen LogP contribution in [0, 0.1) is 6.92 Å². The van der Waals surface area contributed by atoms with Crippen molar-refractivity contribution in [3.8, 4) is 0 Å². The molecule has 1 aromatic carbocycles. The zero-order valence-electron chi connectivity index (χ0n) is 15.0. The van der Waals surface area contributed by atoms with Crippen LogP contribution in [0.25, 0.3) is 0 Å². The molecule has 2 amide bonds. The molecule has 9 heteroatoms. The Morgan fingerprint density at radius 1 is 1.07 bits per heavy atom. The second-order valence-corrected chi connectivity index (χ2v) is 5.72. The van der Waals surface area contributed by atoms with E-state index in [2.05, 4.69) is 16.0 Å². The van der Waals surface area contributed by atoms with E-state index in [-0.39, 0.29) is 11.3 Å². The van der Waals surface area contributed by atoms with E-state index >= 15 is 0 Å². The molecule has 0 spiro atoms. The van der Waals surface area contributed by atoms with E-state index in [0.717, 1.165) is 10.2 Å². The highest BCUT2D eigenvalue weighted by Crippen LogP contribution is 2.02. The SMILES string of the molecule is CCCn1nc(C(=O)OCC(=O)NNC(=O)c2ccc(C)cc2)ccc1=O. The van der Waals surface area contributed by atoms with Crippen molar-refractivity contribution in [2.45, 2.75) is 26.8 Å². The zero-order chi connectivity index (χ0) is 19.8. The molecule has 0 saturated carbocycles. The normalized spacial score (nSPS) is 10.1. The number of carbonyl (C=O) groups is 3. The van der Waals surface area contributed by atoms with Gasteiger partial charge in [-0.05, 0) is 31.5 Å². The van der Waals surface area contributed by atoms with Gasteiger partial charge in [0.1, 0.15) is 0 Å². The van der Waals surface area contributed by atoms with Crippen molar-refractivity contribution in [2.75, 3.05) is 6.61 Å². The first kappa shape index (κ1) is 19.8. The third kappa shape index (κ3) is 5.77. The number of aromatic nitrogens is 2. The molecule has 142 valence electrons. The number of nitrogens with zero attached hydrogens (tertiary/aromatic N) is 2. The number of esters is 1. The molecule has 2 aromatic rings. The van der Waals surface area contributed by atoms with Gasteiger partial charge in [0, 0.05) is 18.2 Å². The second-order valence-electron chi connectivity index (χ2n) is 5.72. The van der Waals surface area contributed by atoms with Crippen LogP contribution in [-0.4, -0.2) is 34.2 Å². The Labute approximate surface area is 155 Å². The van der Waals surface area contributed by atoms with E-state index in [0.29, 0.717) is 18.5 Å². The molecule has 9 nitrogen and oxygen atoms in total. The van der Waals surface area contributed by atoms with Gasteiger partial charge in [0.05, 0.1) is 0 Å². The Morgan fingerprint density at radius 3 is 2.44 bits per heavy atom. The summed E-state index contributed by atoms with van der Waals surface area (Å²) >= 11 is 0. The quantitative estimate of drug-likeness (QED) is 0.565. The van der Waals surface area contributed by atoms with Crippen molar-refractivity contribution in [3.05, 3.63) is 63.6 Å². The Balaban J connectivity index is 1.83. The highest BCUT2D eigenvalue weighted by Gasteiger charge is 2.14. The maximum Gasteiger partial charge on any atom is 0.359 e. The Bertz CT molecular complexity index is 889. The predicted octanol–water partition coefficient (Wildman–Crippen LogP) is 0.580. The first-order chi connectivity index (χ1) is 12.9. The van der Waals surface area contributed by atoms with Crippen LogP contribution in [0.2, 0.25) is 0 Å². The summed E-state index contributed by atoms with van der Waals surface area (Å²) in [5.74, 6) is -2.06. The third-order valence-corrected chi connectivity index (χ3v) is 3.47. The molecule has 0 bridgehead atoms. The number of amides is 2. The summed E-state index contributed by atoms with van der Waals surface area (Å²) < 4.78 is 5.99. The topological polar surface area (TPSA) is 119 Å². The van der Waals surface area contributed by atoms with Crippen LogP contribution in [-0.2, 0) is 16.1 Å². The number of carbonyl (C=O) groups excluding carboxylic acids is 3. The van der Waals surface area contributed by atoms with Crippen LogP contribution in [0.4, 0.5) is 0 Å². The average molecular weight is 372 g/mol. The van der Waals surface area contributed by atoms with Crippen LogP contribution in [0.3, 0.4) is 0 Å². The fraction of sp³-hybridized carbons (Fsp3) is 0.278. The third-order valence-electron chi connectivity index (χ3n) is 3.47. The lowest BCUT2D eigenvalue weighted by Crippen LogP contribution is -2.43. The lowest BCUT2D eigenvalue weighted by atomic mass is 10.1. The molecular formula is C18H20N4O5. The highest BCUT2D eigenvalue weighted by atomic mass is 16.5. The Hall–Kier alpha value is -3.49. The number of hydrogen-bond donors (Lipinski definition) is 2. The van der Waals surface area contributed by atoms with E-state index < -0.39 is 24.4 Å². The van der Waals surface area contributed by atoms with E-state index in [1.54, 1.807) is 24.3 Å². The summed E-state index contributed by atoms with van der Waals surface area (Å²) in [7, 11) is 0. The van der Waals surface area contributed by atoms with Gasteiger partial charge < -0.3 is 4.74 Å². The number of aryl methyl sites for hydroxylation is 2. The van der Waals surface area contributed by atoms with Gasteiger partial charge in [-0.1, -0.05) is 24.6 Å². The van der Waals surface area contributed by atoms with E-state index in [1.807, 2.05) is 13.8 Å². The Kier molecular flexibility index (Phi) is 6.81. The highest BCUT2D eigenvalue weighted by molar-refractivity contribution is 5.95. The van der Waals surface area contributed by atoms with Gasteiger partial charge in [-0.15, -0.1) is 0 Å². The summed E-state index contributed by atoms with van der Waals surface area (Å²) in [4.78, 5) is 47.1. The fourth-order valence-electron chi connectivity index (χ4n) is 2.07. The van der Waals surface area contributed by atoms with Crippen molar-refractivity contribution in [3.63, 3.8) is 0 Å². The first-order valence-electron chi connectivity index (χ1n) is 8.32. The average Bonchev–Trinajstić information content (AvgIpc) is 2.66. The summed E-state index contributed by atoms with van der Waals surface area (Å²) in [5.41, 5.74) is 5.34. The van der Waals surface area contributed by atoms with Crippen LogP contribution in [0.5, 0.6) is 0 Å². The maximum atomic E-state index is 11.9. The number of nitrogens with one attached hydrogen (secondary N) is 2. The molecule has 27 heavy (non-hydrogen) atoms. The molecule has 0 atom stereocenters. The predicted molar refractivity (Wildman–Crippen MR) is 95.9 cm³/mol. The summed E-state index contributed by atoms with van der Waals surface area (Å²) in [6.45, 7) is 3.52. The molecule has 0 aliphatic rings. The maximum absolute atomic E-state index is 11.9. The fourth-order valence-corrected chi connectivity index (χ4v) is 2.07. The summed E-state index contributed by atoms with van der Waals surface area (Å²) in [6.07, 6.45) is 0.675. The molecule has 0 aliphatic carbocycles. The molecule has 0 unspecified atom stereocenters. The number of benzene rings is 1. The molecule has 0 fully saturated rings. The number of hydrogen-bond acceptors (Lipinski definition) is 6. The molecule has 2 rings (SSSR count). The largest absolute Gasteiger partial charge is 0.451 e. The van der Waals surface area contributed by atoms with Gasteiger partial charge in [-0.25, -0.2) is 9.48 Å². The van der Waals surface area contributed by atoms with Crippen molar-refractivity contribution < 1.29 is 19.1 Å². The van der Waals surface area contributed by atoms with Crippen molar-refractivity contribution in [1.82, 2.24) is 20.6 Å². The van der Waals surface area contributed by atoms with Gasteiger partial charge in [0.2, 0.25) is 0 Å². The van der Waals surface area contributed by atoms with Crippen molar-refractivity contribution in [1.29, 1.82) is 0 Å². The number of rotatable bonds is 6. The van der Waals surface area contributed by atoms with Crippen LogP contribution < -0.4 is 16.4 Å². The smallest absolute Gasteiger partial charge is 0.359 e. The molecule has 1 aromatic heterocycles. The van der Waals surface area contributed by atoms with Crippen LogP contribution in [0.1, 0.15) is 39.8 Å². The number of ether oxygens (including phenoxy) is 1. The molecule has 1 heterocycles. The van der Waals surface area contributed by atoms with E-state index in [1.165, 1.54) is 12.1 Å². The van der Waals surface area contributed by atoms with E-state index in [4.69, 9.17) is 4.74 Å². The molecule has 0 aliphatic heterocycles. The van der Waals surface area contributed by atoms with Gasteiger partial charge in [-0.3, -0.25) is 25.2 Å². The second kappa shape index (κ2) is 9.27. The van der Waals surface area contributed by atoms with E-state index in [9.17, 15) is 19.2 Å². The van der Waals surface area contributed by atoms with Crippen LogP contribution in [0.15, 0.2) is 41.2 Å². The van der Waals surface area contributed by atoms with Gasteiger partial charge in [-0.2, -0.15) is 5.10 Å². The number of hydrazine groups is 1. The molecule has 0 saturated heterocycles. The minimum Gasteiger partial charge on any atom is -0.451 e. The monoisotopic (exact) mass is 372 g/mol.